The van der Waals surface area contributed by atoms with Crippen molar-refractivity contribution >= 4 is 23.6 Å². The molecule has 0 spiro atoms. The summed E-state index contributed by atoms with van der Waals surface area (Å²) in [6.45, 7) is 2.50. The monoisotopic (exact) mass is 476 g/mol. The number of hydrogen-bond donors (Lipinski definition) is 1. The van der Waals surface area contributed by atoms with Gasteiger partial charge in [-0.25, -0.2) is 0 Å². The van der Waals surface area contributed by atoms with E-state index >= 15 is 0 Å². The Labute approximate surface area is 204 Å². The van der Waals surface area contributed by atoms with E-state index in [9.17, 15) is 9.59 Å². The molecule has 0 bridgehead atoms. The quantitative estimate of drug-likeness (QED) is 0.497. The summed E-state index contributed by atoms with van der Waals surface area (Å²) < 4.78 is 10.6. The number of hydrogen-bond acceptors (Lipinski definition) is 5. The number of rotatable bonds is 8. The van der Waals surface area contributed by atoms with E-state index in [2.05, 4.69) is 5.32 Å². The first kappa shape index (κ1) is 23.7. The summed E-state index contributed by atoms with van der Waals surface area (Å²) in [6, 6.07) is 22.9. The zero-order valence-electron chi connectivity index (χ0n) is 19.5. The fraction of sp³-hybridized carbons (Fsp3) is 0.259. The van der Waals surface area contributed by atoms with Gasteiger partial charge in [-0.2, -0.15) is 0 Å². The second kappa shape index (κ2) is 10.7. The minimum atomic E-state index is -0.212. The highest BCUT2D eigenvalue weighted by atomic mass is 32.2. The SMILES string of the molecule is COc1ccc([C@H](C)NC(=O)c2ccc([C@H]3SCC(=O)N3Cc3ccccc3)cc2)cc1OC. The van der Waals surface area contributed by atoms with Crippen LogP contribution in [0.3, 0.4) is 0 Å². The fourth-order valence-electron chi connectivity index (χ4n) is 3.97. The van der Waals surface area contributed by atoms with E-state index in [4.69, 9.17) is 9.47 Å². The summed E-state index contributed by atoms with van der Waals surface area (Å²) in [6.07, 6.45) is 0. The number of carbonyl (C=O) groups is 2. The van der Waals surface area contributed by atoms with Crippen molar-refractivity contribution in [3.63, 3.8) is 0 Å². The van der Waals surface area contributed by atoms with E-state index < -0.39 is 0 Å². The summed E-state index contributed by atoms with van der Waals surface area (Å²) in [4.78, 5) is 27.3. The van der Waals surface area contributed by atoms with Crippen LogP contribution in [0.4, 0.5) is 0 Å². The molecule has 0 saturated carbocycles. The van der Waals surface area contributed by atoms with Crippen molar-refractivity contribution in [2.24, 2.45) is 0 Å². The van der Waals surface area contributed by atoms with E-state index in [1.165, 1.54) is 0 Å². The van der Waals surface area contributed by atoms with Gasteiger partial charge >= 0.3 is 0 Å². The summed E-state index contributed by atoms with van der Waals surface area (Å²) in [5, 5.41) is 2.97. The largest absolute Gasteiger partial charge is 0.493 e. The molecule has 176 valence electrons. The lowest BCUT2D eigenvalue weighted by Crippen LogP contribution is -2.28. The van der Waals surface area contributed by atoms with Crippen LogP contribution in [-0.4, -0.2) is 36.7 Å². The number of methoxy groups -OCH3 is 2. The molecule has 6 nitrogen and oxygen atoms in total. The van der Waals surface area contributed by atoms with Gasteiger partial charge in [0.15, 0.2) is 11.5 Å². The molecular weight excluding hydrogens is 448 g/mol. The molecule has 1 saturated heterocycles. The normalized spacial score (nSPS) is 16.3. The molecule has 3 aromatic rings. The van der Waals surface area contributed by atoms with Gasteiger partial charge in [-0.15, -0.1) is 11.8 Å². The third kappa shape index (κ3) is 5.20. The number of ether oxygens (including phenoxy) is 2. The maximum absolute atomic E-state index is 12.9. The Kier molecular flexibility index (Phi) is 7.43. The molecule has 1 aliphatic heterocycles. The van der Waals surface area contributed by atoms with Crippen LogP contribution >= 0.6 is 11.8 Å². The first-order valence-electron chi connectivity index (χ1n) is 11.1. The minimum absolute atomic E-state index is 0.0597. The first-order valence-corrected chi connectivity index (χ1v) is 12.1. The van der Waals surface area contributed by atoms with Crippen molar-refractivity contribution in [3.05, 3.63) is 95.1 Å². The fourth-order valence-corrected chi connectivity index (χ4v) is 5.15. The molecule has 1 heterocycles. The van der Waals surface area contributed by atoms with Gasteiger partial charge in [0.2, 0.25) is 5.91 Å². The third-order valence-corrected chi connectivity index (χ3v) is 7.13. The second-order valence-corrected chi connectivity index (χ2v) is 9.17. The topological polar surface area (TPSA) is 67.9 Å². The van der Waals surface area contributed by atoms with Gasteiger partial charge in [-0.3, -0.25) is 9.59 Å². The van der Waals surface area contributed by atoms with Crippen LogP contribution < -0.4 is 14.8 Å². The Morgan fingerprint density at radius 3 is 2.41 bits per heavy atom. The molecule has 4 rings (SSSR count). The molecule has 2 amide bonds. The van der Waals surface area contributed by atoms with Crippen LogP contribution in [0.1, 0.15) is 45.4 Å². The van der Waals surface area contributed by atoms with Gasteiger partial charge < -0.3 is 19.7 Å². The minimum Gasteiger partial charge on any atom is -0.493 e. The summed E-state index contributed by atoms with van der Waals surface area (Å²) in [5.74, 6) is 1.69. The van der Waals surface area contributed by atoms with Crippen molar-refractivity contribution < 1.29 is 19.1 Å². The van der Waals surface area contributed by atoms with Crippen LogP contribution in [0, 0.1) is 0 Å². The highest BCUT2D eigenvalue weighted by molar-refractivity contribution is 8.00. The molecule has 0 aromatic heterocycles. The number of carbonyl (C=O) groups excluding carboxylic acids is 2. The predicted molar refractivity (Wildman–Crippen MR) is 134 cm³/mol. The van der Waals surface area contributed by atoms with Crippen LogP contribution in [-0.2, 0) is 11.3 Å². The molecule has 1 aliphatic rings. The molecule has 1 N–H and O–H groups in total. The van der Waals surface area contributed by atoms with Gasteiger partial charge in [0.05, 0.1) is 26.0 Å². The number of nitrogens with zero attached hydrogens (tertiary/aromatic N) is 1. The Hall–Kier alpha value is -3.45. The van der Waals surface area contributed by atoms with E-state index in [0.29, 0.717) is 29.4 Å². The van der Waals surface area contributed by atoms with Crippen LogP contribution in [0.2, 0.25) is 0 Å². The number of thioether (sulfide) groups is 1. The zero-order chi connectivity index (χ0) is 24.1. The average molecular weight is 477 g/mol. The summed E-state index contributed by atoms with van der Waals surface area (Å²) in [7, 11) is 3.18. The highest BCUT2D eigenvalue weighted by Crippen LogP contribution is 2.39. The number of benzene rings is 3. The van der Waals surface area contributed by atoms with Crippen LogP contribution in [0.25, 0.3) is 0 Å². The molecule has 1 fully saturated rings. The predicted octanol–water partition coefficient (Wildman–Crippen LogP) is 4.97. The second-order valence-electron chi connectivity index (χ2n) is 8.10. The summed E-state index contributed by atoms with van der Waals surface area (Å²) >= 11 is 1.61. The van der Waals surface area contributed by atoms with Crippen molar-refractivity contribution in [2.75, 3.05) is 20.0 Å². The van der Waals surface area contributed by atoms with Gasteiger partial charge in [0.25, 0.3) is 5.91 Å². The smallest absolute Gasteiger partial charge is 0.251 e. The summed E-state index contributed by atoms with van der Waals surface area (Å²) in [5.41, 5.74) is 3.60. The number of amides is 2. The third-order valence-electron chi connectivity index (χ3n) is 5.88. The van der Waals surface area contributed by atoms with Gasteiger partial charge in [-0.05, 0) is 47.9 Å². The first-order chi connectivity index (χ1) is 16.5. The Bertz CT molecular complexity index is 1150. The Balaban J connectivity index is 1.43. The molecular formula is C27H28N2O4S. The van der Waals surface area contributed by atoms with Gasteiger partial charge in [0.1, 0.15) is 5.37 Å². The maximum atomic E-state index is 12.9. The molecule has 7 heteroatoms. The van der Waals surface area contributed by atoms with E-state index in [1.54, 1.807) is 26.0 Å². The standard InChI is InChI=1S/C27H28N2O4S/c1-18(22-13-14-23(32-2)24(15-22)33-3)28-26(31)20-9-11-21(12-10-20)27-29(25(30)17-34-27)16-19-7-5-4-6-8-19/h4-15,18,27H,16-17H2,1-3H3,(H,28,31)/t18-,27+/m0/s1. The molecule has 3 aromatic carbocycles. The molecule has 34 heavy (non-hydrogen) atoms. The lowest BCUT2D eigenvalue weighted by molar-refractivity contribution is -0.128. The molecule has 2 atom stereocenters. The Morgan fingerprint density at radius 1 is 1.03 bits per heavy atom. The van der Waals surface area contributed by atoms with E-state index in [0.717, 1.165) is 16.7 Å². The zero-order valence-corrected chi connectivity index (χ0v) is 20.3. The maximum Gasteiger partial charge on any atom is 0.251 e. The number of nitrogens with one attached hydrogen (secondary N) is 1. The van der Waals surface area contributed by atoms with Crippen molar-refractivity contribution in [1.82, 2.24) is 10.2 Å². The molecule has 0 aliphatic carbocycles. The van der Waals surface area contributed by atoms with Crippen molar-refractivity contribution in [2.45, 2.75) is 24.9 Å². The van der Waals surface area contributed by atoms with Gasteiger partial charge in [0, 0.05) is 12.1 Å². The van der Waals surface area contributed by atoms with Crippen molar-refractivity contribution in [1.29, 1.82) is 0 Å². The van der Waals surface area contributed by atoms with Gasteiger partial charge in [-0.1, -0.05) is 48.5 Å². The van der Waals surface area contributed by atoms with Crippen molar-refractivity contribution in [3.8, 4) is 11.5 Å². The lowest BCUT2D eigenvalue weighted by Gasteiger charge is -2.24. The van der Waals surface area contributed by atoms with Crippen LogP contribution in [0.5, 0.6) is 11.5 Å². The van der Waals surface area contributed by atoms with E-state index in [1.807, 2.05) is 84.6 Å². The van der Waals surface area contributed by atoms with Crippen LogP contribution in [0.15, 0.2) is 72.8 Å². The van der Waals surface area contributed by atoms with E-state index in [-0.39, 0.29) is 23.2 Å². The lowest BCUT2D eigenvalue weighted by atomic mass is 10.1. The molecule has 0 radical (unpaired) electrons. The highest BCUT2D eigenvalue weighted by Gasteiger charge is 2.32. The average Bonchev–Trinajstić information content (AvgIpc) is 3.23. The Morgan fingerprint density at radius 2 is 1.74 bits per heavy atom. The molecule has 0 unspecified atom stereocenters.